The van der Waals surface area contributed by atoms with Gasteiger partial charge in [0.25, 0.3) is 0 Å². The minimum absolute atomic E-state index is 0.279. The third kappa shape index (κ3) is 3.64. The lowest BCUT2D eigenvalue weighted by atomic mass is 10.1. The molecule has 5 nitrogen and oxygen atoms in total. The van der Waals surface area contributed by atoms with Crippen LogP contribution >= 0.6 is 31.9 Å². The number of alkyl halides is 1. The van der Waals surface area contributed by atoms with Crippen LogP contribution in [0.5, 0.6) is 0 Å². The van der Waals surface area contributed by atoms with Gasteiger partial charge < -0.3 is 4.57 Å². The lowest BCUT2D eigenvalue weighted by molar-refractivity contribution is -0.386. The molecule has 0 fully saturated rings. The maximum Gasteiger partial charge on any atom is 0.335 e. The molecule has 0 saturated carbocycles. The highest BCUT2D eigenvalue weighted by molar-refractivity contribution is 9.10. The summed E-state index contributed by atoms with van der Waals surface area (Å²) < 4.78 is 1.92. The zero-order valence-electron chi connectivity index (χ0n) is 9.23. The van der Waals surface area contributed by atoms with Crippen molar-refractivity contribution in [3.05, 3.63) is 37.2 Å². The average Bonchev–Trinajstić information content (AvgIpc) is 2.29. The fraction of sp³-hybridized carbons (Fsp3) is 0.500. The van der Waals surface area contributed by atoms with E-state index in [-0.39, 0.29) is 5.92 Å². The van der Waals surface area contributed by atoms with Gasteiger partial charge >= 0.3 is 11.2 Å². The lowest BCUT2D eigenvalue weighted by Gasteiger charge is -2.13. The summed E-state index contributed by atoms with van der Waals surface area (Å²) in [4.78, 5) is 21.9. The highest BCUT2D eigenvalue weighted by Crippen LogP contribution is 2.16. The molecule has 0 aliphatic carbocycles. The van der Waals surface area contributed by atoms with Gasteiger partial charge in [-0.25, -0.2) is 0 Å². The van der Waals surface area contributed by atoms with Gasteiger partial charge in [-0.1, -0.05) is 29.3 Å². The standard InChI is InChI=1S/C10H12Br2N2O3/c1-2-7(4-11)5-13-6-8(12)3-9(10(13)15)14(16)17/h3,6-7H,2,4-5H2,1H3. The van der Waals surface area contributed by atoms with Gasteiger partial charge in [-0.2, -0.15) is 0 Å². The second-order valence-electron chi connectivity index (χ2n) is 3.69. The van der Waals surface area contributed by atoms with Crippen molar-refractivity contribution in [1.29, 1.82) is 0 Å². The molecule has 0 bridgehead atoms. The largest absolute Gasteiger partial charge is 0.335 e. The Morgan fingerprint density at radius 3 is 2.71 bits per heavy atom. The summed E-state index contributed by atoms with van der Waals surface area (Å²) in [6.07, 6.45) is 2.48. The van der Waals surface area contributed by atoms with E-state index in [0.717, 1.165) is 11.8 Å². The third-order valence-electron chi connectivity index (χ3n) is 2.48. The molecule has 1 aromatic rings. The molecule has 0 saturated heterocycles. The van der Waals surface area contributed by atoms with Gasteiger partial charge in [0.1, 0.15) is 0 Å². The van der Waals surface area contributed by atoms with E-state index in [1.165, 1.54) is 10.6 Å². The Labute approximate surface area is 115 Å². The zero-order valence-corrected chi connectivity index (χ0v) is 12.4. The van der Waals surface area contributed by atoms with Crippen molar-refractivity contribution in [2.45, 2.75) is 19.9 Å². The molecule has 0 amide bonds. The maximum atomic E-state index is 11.8. The molecule has 0 radical (unpaired) electrons. The quantitative estimate of drug-likeness (QED) is 0.456. The Balaban J connectivity index is 3.16. The first-order chi connectivity index (χ1) is 7.99. The van der Waals surface area contributed by atoms with E-state index < -0.39 is 16.2 Å². The summed E-state index contributed by atoms with van der Waals surface area (Å²) in [7, 11) is 0. The van der Waals surface area contributed by atoms with Crippen LogP contribution < -0.4 is 5.56 Å². The van der Waals surface area contributed by atoms with Crippen LogP contribution in [-0.2, 0) is 6.54 Å². The Morgan fingerprint density at radius 2 is 2.24 bits per heavy atom. The number of hydrogen-bond donors (Lipinski definition) is 0. The van der Waals surface area contributed by atoms with Gasteiger partial charge in [0.05, 0.1) is 4.92 Å². The van der Waals surface area contributed by atoms with E-state index >= 15 is 0 Å². The maximum absolute atomic E-state index is 11.8. The third-order valence-corrected chi connectivity index (χ3v) is 3.83. The second-order valence-corrected chi connectivity index (χ2v) is 5.25. The molecule has 1 aromatic heterocycles. The van der Waals surface area contributed by atoms with Crippen LogP contribution in [0.25, 0.3) is 0 Å². The number of hydrogen-bond acceptors (Lipinski definition) is 3. The van der Waals surface area contributed by atoms with E-state index in [1.54, 1.807) is 6.20 Å². The van der Waals surface area contributed by atoms with Crippen LogP contribution in [0.4, 0.5) is 5.69 Å². The van der Waals surface area contributed by atoms with Gasteiger partial charge in [0.15, 0.2) is 0 Å². The summed E-state index contributed by atoms with van der Waals surface area (Å²) in [5, 5.41) is 11.5. The molecule has 94 valence electrons. The number of nitrogens with zero attached hydrogens (tertiary/aromatic N) is 2. The molecule has 1 heterocycles. The van der Waals surface area contributed by atoms with Crippen molar-refractivity contribution >= 4 is 37.5 Å². The molecule has 0 aliphatic rings. The predicted octanol–water partition coefficient (Wildman–Crippen LogP) is 2.94. The SMILES string of the molecule is CCC(CBr)Cn1cc(Br)cc([N+](=O)[O-])c1=O. The first kappa shape index (κ1) is 14.4. The van der Waals surface area contributed by atoms with Gasteiger partial charge in [-0.3, -0.25) is 14.9 Å². The van der Waals surface area contributed by atoms with E-state index in [4.69, 9.17) is 0 Å². The molecule has 0 spiro atoms. The highest BCUT2D eigenvalue weighted by atomic mass is 79.9. The predicted molar refractivity (Wildman–Crippen MR) is 72.6 cm³/mol. The number of rotatable bonds is 5. The number of halogens is 2. The van der Waals surface area contributed by atoms with Gasteiger partial charge in [0.2, 0.25) is 0 Å². The van der Waals surface area contributed by atoms with Crippen LogP contribution in [0.2, 0.25) is 0 Å². The summed E-state index contributed by atoms with van der Waals surface area (Å²) >= 11 is 6.54. The average molecular weight is 368 g/mol. The smallest absolute Gasteiger partial charge is 0.308 e. The van der Waals surface area contributed by atoms with Crippen molar-refractivity contribution in [3.8, 4) is 0 Å². The van der Waals surface area contributed by atoms with Crippen LogP contribution in [0, 0.1) is 16.0 Å². The van der Waals surface area contributed by atoms with Gasteiger partial charge in [0, 0.05) is 28.6 Å². The van der Waals surface area contributed by atoms with E-state index in [2.05, 4.69) is 31.9 Å². The van der Waals surface area contributed by atoms with E-state index in [1.807, 2.05) is 6.92 Å². The summed E-state index contributed by atoms with van der Waals surface area (Å²) in [5.41, 5.74) is -0.957. The summed E-state index contributed by atoms with van der Waals surface area (Å²) in [6.45, 7) is 2.49. The first-order valence-electron chi connectivity index (χ1n) is 5.10. The van der Waals surface area contributed by atoms with Crippen molar-refractivity contribution in [1.82, 2.24) is 4.57 Å². The normalized spacial score (nSPS) is 12.4. The molecular formula is C10H12Br2N2O3. The summed E-state index contributed by atoms with van der Waals surface area (Å²) in [6, 6.07) is 1.23. The fourth-order valence-corrected chi connectivity index (χ4v) is 2.54. The molecule has 0 aliphatic heterocycles. The Morgan fingerprint density at radius 1 is 1.59 bits per heavy atom. The topological polar surface area (TPSA) is 65.1 Å². The summed E-state index contributed by atoms with van der Waals surface area (Å²) in [5.74, 6) is 0.279. The van der Waals surface area contributed by atoms with Crippen molar-refractivity contribution in [2.24, 2.45) is 5.92 Å². The minimum Gasteiger partial charge on any atom is -0.308 e. The molecule has 7 heteroatoms. The number of pyridine rings is 1. The van der Waals surface area contributed by atoms with Crippen molar-refractivity contribution in [3.63, 3.8) is 0 Å². The second kappa shape index (κ2) is 6.30. The highest BCUT2D eigenvalue weighted by Gasteiger charge is 2.17. The Kier molecular flexibility index (Phi) is 5.32. The zero-order chi connectivity index (χ0) is 13.0. The Hall–Kier alpha value is -0.690. The molecule has 0 aromatic carbocycles. The lowest BCUT2D eigenvalue weighted by Crippen LogP contribution is -2.25. The molecule has 0 N–H and O–H groups in total. The molecule has 1 unspecified atom stereocenters. The number of nitro groups is 1. The van der Waals surface area contributed by atoms with Crippen LogP contribution in [-0.4, -0.2) is 14.8 Å². The molecule has 17 heavy (non-hydrogen) atoms. The first-order valence-corrected chi connectivity index (χ1v) is 7.01. The van der Waals surface area contributed by atoms with E-state index in [9.17, 15) is 14.9 Å². The van der Waals surface area contributed by atoms with Gasteiger partial charge in [-0.15, -0.1) is 0 Å². The van der Waals surface area contributed by atoms with Crippen LogP contribution in [0.1, 0.15) is 13.3 Å². The molecule has 1 rings (SSSR count). The van der Waals surface area contributed by atoms with Crippen LogP contribution in [0.15, 0.2) is 21.5 Å². The minimum atomic E-state index is -0.654. The van der Waals surface area contributed by atoms with Crippen molar-refractivity contribution in [2.75, 3.05) is 5.33 Å². The van der Waals surface area contributed by atoms with Crippen molar-refractivity contribution < 1.29 is 4.92 Å². The number of aromatic nitrogens is 1. The molecular weight excluding hydrogens is 356 g/mol. The van der Waals surface area contributed by atoms with Crippen LogP contribution in [0.3, 0.4) is 0 Å². The fourth-order valence-electron chi connectivity index (χ4n) is 1.42. The van der Waals surface area contributed by atoms with Gasteiger partial charge in [-0.05, 0) is 21.8 Å². The Bertz CT molecular complexity index is 469. The molecule has 1 atom stereocenters. The van der Waals surface area contributed by atoms with E-state index in [0.29, 0.717) is 11.0 Å². The monoisotopic (exact) mass is 366 g/mol.